The number of anilines is 1. The summed E-state index contributed by atoms with van der Waals surface area (Å²) in [5.74, 6) is 0.924. The van der Waals surface area contributed by atoms with E-state index < -0.39 is 0 Å². The summed E-state index contributed by atoms with van der Waals surface area (Å²) in [6.07, 6.45) is 1.53. The topological polar surface area (TPSA) is 77.0 Å². The minimum atomic E-state index is -0.113. The van der Waals surface area contributed by atoms with E-state index in [1.165, 1.54) is 29.4 Å². The largest absolute Gasteiger partial charge is 0.497 e. The van der Waals surface area contributed by atoms with Gasteiger partial charge in [0, 0.05) is 5.39 Å². The summed E-state index contributed by atoms with van der Waals surface area (Å²) in [5.41, 5.74) is 0.838. The van der Waals surface area contributed by atoms with E-state index in [2.05, 4.69) is 20.3 Å². The third-order valence-corrected chi connectivity index (χ3v) is 6.17. The highest BCUT2D eigenvalue weighted by Gasteiger charge is 2.11. The molecule has 0 unspecified atom stereocenters. The predicted molar refractivity (Wildman–Crippen MR) is 103 cm³/mol. The summed E-state index contributed by atoms with van der Waals surface area (Å²) < 4.78 is 6.18. The fourth-order valence-corrected chi connectivity index (χ4v) is 4.75. The van der Waals surface area contributed by atoms with Gasteiger partial charge >= 0.3 is 0 Å². The molecule has 0 aliphatic rings. The van der Waals surface area contributed by atoms with Gasteiger partial charge in [-0.15, -0.1) is 11.3 Å². The molecule has 3 aromatic heterocycles. The maximum absolute atomic E-state index is 12.2. The second kappa shape index (κ2) is 6.95. The molecule has 1 N–H and O–H groups in total. The van der Waals surface area contributed by atoms with Gasteiger partial charge in [0.1, 0.15) is 21.9 Å². The van der Waals surface area contributed by atoms with Crippen molar-refractivity contribution in [2.45, 2.75) is 5.03 Å². The van der Waals surface area contributed by atoms with Gasteiger partial charge in [-0.3, -0.25) is 4.79 Å². The van der Waals surface area contributed by atoms with Gasteiger partial charge in [-0.05, 0) is 29.6 Å². The van der Waals surface area contributed by atoms with Crippen molar-refractivity contribution in [2.75, 3.05) is 18.2 Å². The summed E-state index contributed by atoms with van der Waals surface area (Å²) in [5, 5.41) is 7.20. The number of methoxy groups -OCH3 is 1. The van der Waals surface area contributed by atoms with E-state index in [-0.39, 0.29) is 11.7 Å². The van der Waals surface area contributed by atoms with Crippen molar-refractivity contribution < 1.29 is 9.53 Å². The third-order valence-electron chi connectivity index (χ3n) is 3.41. The molecule has 0 bridgehead atoms. The van der Waals surface area contributed by atoms with Crippen LogP contribution < -0.4 is 10.1 Å². The van der Waals surface area contributed by atoms with Gasteiger partial charge in [0.15, 0.2) is 5.13 Å². The fraction of sp³-hybridized carbons (Fsp3) is 0.125. The van der Waals surface area contributed by atoms with E-state index in [0.717, 1.165) is 31.2 Å². The van der Waals surface area contributed by atoms with Crippen molar-refractivity contribution in [3.8, 4) is 5.75 Å². The summed E-state index contributed by atoms with van der Waals surface area (Å²) in [6.45, 7) is 0. The number of nitrogens with one attached hydrogen (secondary N) is 1. The summed E-state index contributed by atoms with van der Waals surface area (Å²) in [6, 6.07) is 7.61. The minimum Gasteiger partial charge on any atom is -0.497 e. The first-order valence-corrected chi connectivity index (χ1v) is 9.96. The SMILES string of the molecule is COc1ccc2nc(NC(=O)CSc3ncnc4sccc34)sc2c1. The molecule has 4 rings (SSSR count). The second-order valence-corrected chi connectivity index (χ2v) is 7.90. The van der Waals surface area contributed by atoms with Crippen molar-refractivity contribution in [3.63, 3.8) is 0 Å². The minimum absolute atomic E-state index is 0.113. The standard InChI is InChI=1S/C16H12N4O2S3/c1-22-9-2-3-11-12(6-9)25-16(19-11)20-13(21)7-24-15-10-4-5-23-14(10)17-8-18-15/h2-6,8H,7H2,1H3,(H,19,20,21). The maximum Gasteiger partial charge on any atom is 0.236 e. The molecule has 3 heterocycles. The average Bonchev–Trinajstić information content (AvgIpc) is 3.25. The van der Waals surface area contributed by atoms with Crippen LogP contribution in [0, 0.1) is 0 Å². The van der Waals surface area contributed by atoms with Gasteiger partial charge < -0.3 is 10.1 Å². The zero-order chi connectivity index (χ0) is 17.2. The molecule has 0 saturated heterocycles. The number of ether oxygens (including phenoxy) is 1. The van der Waals surface area contributed by atoms with Crippen LogP contribution in [0.3, 0.4) is 0 Å². The molecule has 0 aliphatic carbocycles. The quantitative estimate of drug-likeness (QED) is 0.411. The van der Waals surface area contributed by atoms with Gasteiger partial charge in [0.25, 0.3) is 0 Å². The Morgan fingerprint density at radius 2 is 2.24 bits per heavy atom. The lowest BCUT2D eigenvalue weighted by Crippen LogP contribution is -2.13. The van der Waals surface area contributed by atoms with E-state index in [0.29, 0.717) is 5.13 Å². The Balaban J connectivity index is 1.44. The van der Waals surface area contributed by atoms with Gasteiger partial charge in [-0.1, -0.05) is 23.1 Å². The first kappa shape index (κ1) is 16.2. The van der Waals surface area contributed by atoms with Crippen molar-refractivity contribution in [1.82, 2.24) is 15.0 Å². The zero-order valence-electron chi connectivity index (χ0n) is 13.1. The average molecular weight is 388 g/mol. The molecular formula is C16H12N4O2S3. The number of amides is 1. The summed E-state index contributed by atoms with van der Waals surface area (Å²) in [7, 11) is 1.62. The number of fused-ring (bicyclic) bond motifs is 2. The van der Waals surface area contributed by atoms with Gasteiger partial charge in [-0.25, -0.2) is 15.0 Å². The number of rotatable bonds is 5. The van der Waals surface area contributed by atoms with Gasteiger partial charge in [0.2, 0.25) is 5.91 Å². The maximum atomic E-state index is 12.2. The molecule has 6 nitrogen and oxygen atoms in total. The van der Waals surface area contributed by atoms with E-state index >= 15 is 0 Å². The van der Waals surface area contributed by atoms with E-state index in [4.69, 9.17) is 4.74 Å². The number of thiazole rings is 1. The third kappa shape index (κ3) is 3.44. The van der Waals surface area contributed by atoms with E-state index in [1.807, 2.05) is 29.6 Å². The molecule has 0 aliphatic heterocycles. The first-order chi connectivity index (χ1) is 12.2. The normalized spacial score (nSPS) is 11.1. The lowest BCUT2D eigenvalue weighted by molar-refractivity contribution is -0.113. The highest BCUT2D eigenvalue weighted by atomic mass is 32.2. The number of hydrogen-bond donors (Lipinski definition) is 1. The number of benzene rings is 1. The second-order valence-electron chi connectivity index (χ2n) is 5.01. The Kier molecular flexibility index (Phi) is 4.51. The lowest BCUT2D eigenvalue weighted by Gasteiger charge is -2.02. The van der Waals surface area contributed by atoms with E-state index in [1.54, 1.807) is 18.4 Å². The summed E-state index contributed by atoms with van der Waals surface area (Å²) in [4.78, 5) is 26.1. The van der Waals surface area contributed by atoms with Crippen LogP contribution in [0.1, 0.15) is 0 Å². The number of hydrogen-bond acceptors (Lipinski definition) is 8. The van der Waals surface area contributed by atoms with Crippen LogP contribution >= 0.6 is 34.4 Å². The predicted octanol–water partition coefficient (Wildman–Crippen LogP) is 4.04. The van der Waals surface area contributed by atoms with Crippen LogP contribution in [0.5, 0.6) is 5.75 Å². The Bertz CT molecular complexity index is 1060. The van der Waals surface area contributed by atoms with Crippen LogP contribution in [0.2, 0.25) is 0 Å². The molecule has 126 valence electrons. The molecule has 0 radical (unpaired) electrons. The Hall–Kier alpha value is -2.23. The first-order valence-electron chi connectivity index (χ1n) is 7.28. The van der Waals surface area contributed by atoms with Crippen LogP contribution in [0.25, 0.3) is 20.4 Å². The van der Waals surface area contributed by atoms with Crippen LogP contribution in [0.4, 0.5) is 5.13 Å². The van der Waals surface area contributed by atoms with Gasteiger partial charge in [0.05, 0.1) is 23.1 Å². The molecule has 0 saturated carbocycles. The zero-order valence-corrected chi connectivity index (χ0v) is 15.5. The number of nitrogens with zero attached hydrogens (tertiary/aromatic N) is 3. The van der Waals surface area contributed by atoms with Crippen LogP contribution in [0.15, 0.2) is 41.0 Å². The van der Waals surface area contributed by atoms with Gasteiger partial charge in [-0.2, -0.15) is 0 Å². The molecule has 1 amide bonds. The Labute approximate surface area is 155 Å². The van der Waals surface area contributed by atoms with Crippen molar-refractivity contribution in [3.05, 3.63) is 36.0 Å². The molecule has 0 fully saturated rings. The highest BCUT2D eigenvalue weighted by molar-refractivity contribution is 8.00. The molecule has 1 aromatic carbocycles. The lowest BCUT2D eigenvalue weighted by atomic mass is 10.3. The Morgan fingerprint density at radius 1 is 1.32 bits per heavy atom. The highest BCUT2D eigenvalue weighted by Crippen LogP contribution is 2.30. The monoisotopic (exact) mass is 388 g/mol. The molecular weight excluding hydrogens is 376 g/mol. The fourth-order valence-electron chi connectivity index (χ4n) is 2.26. The number of aromatic nitrogens is 3. The molecule has 9 heteroatoms. The number of thioether (sulfide) groups is 1. The molecule has 25 heavy (non-hydrogen) atoms. The molecule has 4 aromatic rings. The van der Waals surface area contributed by atoms with Crippen molar-refractivity contribution in [2.24, 2.45) is 0 Å². The molecule has 0 atom stereocenters. The Morgan fingerprint density at radius 3 is 3.12 bits per heavy atom. The smallest absolute Gasteiger partial charge is 0.236 e. The van der Waals surface area contributed by atoms with Crippen molar-refractivity contribution in [1.29, 1.82) is 0 Å². The summed E-state index contributed by atoms with van der Waals surface area (Å²) >= 11 is 4.38. The number of carbonyl (C=O) groups excluding carboxylic acids is 1. The molecule has 0 spiro atoms. The van der Waals surface area contributed by atoms with Crippen LogP contribution in [-0.2, 0) is 4.79 Å². The number of thiophene rings is 1. The van der Waals surface area contributed by atoms with E-state index in [9.17, 15) is 4.79 Å². The van der Waals surface area contributed by atoms with Crippen LogP contribution in [-0.4, -0.2) is 33.7 Å². The van der Waals surface area contributed by atoms with Crippen molar-refractivity contribution >= 4 is 65.9 Å². The number of carbonyl (C=O) groups is 1.